The second-order valence-corrected chi connectivity index (χ2v) is 8.16. The summed E-state index contributed by atoms with van der Waals surface area (Å²) in [5.41, 5.74) is 0.891. The third-order valence-electron chi connectivity index (χ3n) is 2.76. The van der Waals surface area contributed by atoms with Crippen molar-refractivity contribution in [1.29, 1.82) is 0 Å². The van der Waals surface area contributed by atoms with E-state index in [1.165, 1.54) is 6.07 Å². The molecule has 7 heteroatoms. The fourth-order valence-electron chi connectivity index (χ4n) is 1.76. The molecule has 2 rings (SSSR count). The van der Waals surface area contributed by atoms with Gasteiger partial charge < -0.3 is 0 Å². The Balaban J connectivity index is 1.96. The molecule has 1 aromatic carbocycles. The van der Waals surface area contributed by atoms with Crippen LogP contribution in [0.3, 0.4) is 0 Å². The Labute approximate surface area is 132 Å². The van der Waals surface area contributed by atoms with E-state index in [4.69, 9.17) is 11.6 Å². The molecular formula is C14H14ClNO3S2. The van der Waals surface area contributed by atoms with E-state index in [9.17, 15) is 13.2 Å². The number of hydrogen-bond donors (Lipinski definition) is 1. The lowest BCUT2D eigenvalue weighted by Crippen LogP contribution is -2.30. The maximum absolute atomic E-state index is 12.0. The number of sulfonamides is 1. The van der Waals surface area contributed by atoms with Crippen molar-refractivity contribution in [3.8, 4) is 0 Å². The highest BCUT2D eigenvalue weighted by atomic mass is 35.5. The van der Waals surface area contributed by atoms with Crippen LogP contribution in [0.15, 0.2) is 40.6 Å². The molecule has 21 heavy (non-hydrogen) atoms. The van der Waals surface area contributed by atoms with Crippen molar-refractivity contribution in [3.63, 3.8) is 0 Å². The molecule has 2 aromatic rings. The van der Waals surface area contributed by atoms with Gasteiger partial charge in [0, 0.05) is 16.3 Å². The number of rotatable bonds is 5. The molecule has 1 amide bonds. The fraction of sp³-hybridized carbons (Fsp3) is 0.214. The molecule has 0 spiro atoms. The zero-order chi connectivity index (χ0) is 15.5. The highest BCUT2D eigenvalue weighted by molar-refractivity contribution is 7.92. The largest absolute Gasteiger partial charge is 0.274 e. The van der Waals surface area contributed by atoms with Crippen molar-refractivity contribution in [2.24, 2.45) is 0 Å². The van der Waals surface area contributed by atoms with Crippen molar-refractivity contribution in [1.82, 2.24) is 4.72 Å². The number of carbonyl (C=O) groups excluding carboxylic acids is 1. The van der Waals surface area contributed by atoms with Gasteiger partial charge in [-0.2, -0.15) is 0 Å². The van der Waals surface area contributed by atoms with E-state index in [1.807, 2.05) is 13.0 Å². The van der Waals surface area contributed by atoms with Crippen LogP contribution in [0.4, 0.5) is 0 Å². The van der Waals surface area contributed by atoms with Crippen LogP contribution in [-0.2, 0) is 21.2 Å². The first kappa shape index (κ1) is 16.0. The molecule has 1 N–H and O–H groups in total. The van der Waals surface area contributed by atoms with Gasteiger partial charge in [-0.25, -0.2) is 13.1 Å². The smallest absolute Gasteiger partial charge is 0.273 e. The standard InChI is InChI=1S/C14H14ClNO3S2/c1-10-5-8-14(20-10)21(18,19)16-13(17)7-6-11-3-2-4-12(15)9-11/h2-5,8-9H,6-7H2,1H3,(H,16,17). The quantitative estimate of drug-likeness (QED) is 0.907. The molecule has 0 aliphatic carbocycles. The molecule has 0 saturated carbocycles. The van der Waals surface area contributed by atoms with Crippen molar-refractivity contribution in [2.45, 2.75) is 24.0 Å². The molecule has 0 fully saturated rings. The molecule has 0 radical (unpaired) electrons. The van der Waals surface area contributed by atoms with E-state index >= 15 is 0 Å². The number of hydrogen-bond acceptors (Lipinski definition) is 4. The molecule has 0 aliphatic heterocycles. The van der Waals surface area contributed by atoms with Gasteiger partial charge in [0.25, 0.3) is 10.0 Å². The summed E-state index contributed by atoms with van der Waals surface area (Å²) in [5, 5.41) is 0.592. The Morgan fingerprint density at radius 2 is 2.05 bits per heavy atom. The van der Waals surface area contributed by atoms with Crippen molar-refractivity contribution >= 4 is 38.9 Å². The third kappa shape index (κ3) is 4.56. The molecule has 0 unspecified atom stereocenters. The van der Waals surface area contributed by atoms with Crippen molar-refractivity contribution < 1.29 is 13.2 Å². The van der Waals surface area contributed by atoms with Crippen LogP contribution in [0.5, 0.6) is 0 Å². The van der Waals surface area contributed by atoms with Crippen LogP contribution in [0, 0.1) is 6.92 Å². The monoisotopic (exact) mass is 343 g/mol. The molecule has 0 saturated heterocycles. The third-order valence-corrected chi connectivity index (χ3v) is 5.86. The SMILES string of the molecule is Cc1ccc(S(=O)(=O)NC(=O)CCc2cccc(Cl)c2)s1. The topological polar surface area (TPSA) is 63.2 Å². The fourth-order valence-corrected chi connectivity index (χ4v) is 4.27. The average molecular weight is 344 g/mol. The van der Waals surface area contributed by atoms with E-state index in [-0.39, 0.29) is 10.6 Å². The van der Waals surface area contributed by atoms with Crippen LogP contribution in [-0.4, -0.2) is 14.3 Å². The average Bonchev–Trinajstić information content (AvgIpc) is 2.84. The van der Waals surface area contributed by atoms with E-state index < -0.39 is 15.9 Å². The second-order valence-electron chi connectivity index (χ2n) is 4.52. The number of benzene rings is 1. The summed E-state index contributed by atoms with van der Waals surface area (Å²) in [6.45, 7) is 1.81. The summed E-state index contributed by atoms with van der Waals surface area (Å²) in [4.78, 5) is 12.7. The number of thiophene rings is 1. The highest BCUT2D eigenvalue weighted by Gasteiger charge is 2.19. The van der Waals surface area contributed by atoms with Crippen LogP contribution in [0.25, 0.3) is 0 Å². The molecule has 0 aliphatic rings. The van der Waals surface area contributed by atoms with Crippen LogP contribution >= 0.6 is 22.9 Å². The molecule has 1 aromatic heterocycles. The van der Waals surface area contributed by atoms with Crippen LogP contribution in [0.2, 0.25) is 5.02 Å². The molecule has 1 heterocycles. The minimum atomic E-state index is -3.76. The Kier molecular flexibility index (Phi) is 5.03. The van der Waals surface area contributed by atoms with Gasteiger partial charge in [-0.1, -0.05) is 23.7 Å². The van der Waals surface area contributed by atoms with Crippen molar-refractivity contribution in [2.75, 3.05) is 0 Å². The molecule has 0 atom stereocenters. The second kappa shape index (κ2) is 6.60. The van der Waals surface area contributed by atoms with Crippen LogP contribution in [0.1, 0.15) is 16.9 Å². The van der Waals surface area contributed by atoms with Gasteiger partial charge in [0.2, 0.25) is 5.91 Å². The van der Waals surface area contributed by atoms with Gasteiger partial charge in [-0.3, -0.25) is 4.79 Å². The first-order valence-electron chi connectivity index (χ1n) is 6.23. The Bertz CT molecular complexity index is 753. The normalized spacial score (nSPS) is 11.3. The zero-order valence-corrected chi connectivity index (χ0v) is 13.7. The zero-order valence-electron chi connectivity index (χ0n) is 11.3. The predicted molar refractivity (Wildman–Crippen MR) is 84.2 cm³/mol. The minimum Gasteiger partial charge on any atom is -0.274 e. The molecule has 4 nitrogen and oxygen atoms in total. The summed E-state index contributed by atoms with van der Waals surface area (Å²) >= 11 is 6.99. The van der Waals surface area contributed by atoms with Crippen molar-refractivity contribution in [3.05, 3.63) is 51.9 Å². The summed E-state index contributed by atoms with van der Waals surface area (Å²) in [7, 11) is -3.76. The molecule has 112 valence electrons. The number of carbonyl (C=O) groups is 1. The molecular weight excluding hydrogens is 330 g/mol. The van der Waals surface area contributed by atoms with Gasteiger partial charge in [-0.05, 0) is 43.2 Å². The Morgan fingerprint density at radius 1 is 1.29 bits per heavy atom. The van der Waals surface area contributed by atoms with Gasteiger partial charge in [0.05, 0.1) is 0 Å². The van der Waals surface area contributed by atoms with E-state index in [2.05, 4.69) is 4.72 Å². The summed E-state index contributed by atoms with van der Waals surface area (Å²) < 4.78 is 26.2. The Hall–Kier alpha value is -1.37. The number of amides is 1. The minimum absolute atomic E-state index is 0.0872. The molecule has 0 bridgehead atoms. The Morgan fingerprint density at radius 3 is 2.67 bits per heavy atom. The summed E-state index contributed by atoms with van der Waals surface area (Å²) in [6, 6.07) is 10.3. The summed E-state index contributed by atoms with van der Waals surface area (Å²) in [6.07, 6.45) is 0.523. The van der Waals surface area contributed by atoms with Gasteiger partial charge in [0.15, 0.2) is 0 Å². The lowest BCUT2D eigenvalue weighted by Gasteiger charge is -2.05. The first-order chi connectivity index (χ1) is 9.87. The van der Waals surface area contributed by atoms with E-state index in [0.29, 0.717) is 11.4 Å². The highest BCUT2D eigenvalue weighted by Crippen LogP contribution is 2.20. The lowest BCUT2D eigenvalue weighted by molar-refractivity contribution is -0.119. The number of halogens is 1. The van der Waals surface area contributed by atoms with Gasteiger partial charge in [-0.15, -0.1) is 11.3 Å². The first-order valence-corrected chi connectivity index (χ1v) is 8.91. The predicted octanol–water partition coefficient (Wildman–Crippen LogP) is 3.15. The summed E-state index contributed by atoms with van der Waals surface area (Å²) in [5.74, 6) is -0.527. The lowest BCUT2D eigenvalue weighted by atomic mass is 10.1. The maximum atomic E-state index is 12.0. The van der Waals surface area contributed by atoms with Crippen LogP contribution < -0.4 is 4.72 Å². The number of nitrogens with one attached hydrogen (secondary N) is 1. The van der Waals surface area contributed by atoms with E-state index in [1.54, 1.807) is 24.3 Å². The number of aryl methyl sites for hydroxylation is 2. The van der Waals surface area contributed by atoms with E-state index in [0.717, 1.165) is 21.8 Å². The maximum Gasteiger partial charge on any atom is 0.273 e. The van der Waals surface area contributed by atoms with Gasteiger partial charge >= 0.3 is 0 Å². The van der Waals surface area contributed by atoms with Gasteiger partial charge in [0.1, 0.15) is 4.21 Å².